The van der Waals surface area contributed by atoms with Crippen LogP contribution < -0.4 is 15.4 Å². The van der Waals surface area contributed by atoms with Crippen molar-refractivity contribution < 1.29 is 14.6 Å². The molecule has 1 atom stereocenters. The number of carbonyl (C=O) groups excluding carboxylic acids is 1. The first-order chi connectivity index (χ1) is 13.0. The zero-order chi connectivity index (χ0) is 19.8. The predicted octanol–water partition coefficient (Wildman–Crippen LogP) is 3.33. The molecule has 3 N–H and O–H groups in total. The number of aliphatic hydroxyl groups is 1. The molecule has 0 fully saturated rings. The number of hydrogen-bond acceptors (Lipinski definition) is 5. The summed E-state index contributed by atoms with van der Waals surface area (Å²) >= 11 is 6.11. The van der Waals surface area contributed by atoms with E-state index >= 15 is 0 Å². The summed E-state index contributed by atoms with van der Waals surface area (Å²) in [5.74, 6) is 0.240. The molecule has 6 nitrogen and oxygen atoms in total. The van der Waals surface area contributed by atoms with Gasteiger partial charge < -0.3 is 20.5 Å². The van der Waals surface area contributed by atoms with Gasteiger partial charge in [0, 0.05) is 18.3 Å². The lowest BCUT2D eigenvalue weighted by Crippen LogP contribution is -2.27. The quantitative estimate of drug-likeness (QED) is 0.645. The zero-order valence-corrected chi connectivity index (χ0v) is 16.0. The molecule has 0 bridgehead atoms. The Labute approximate surface area is 163 Å². The van der Waals surface area contributed by atoms with Gasteiger partial charge in [-0.2, -0.15) is 5.26 Å². The topological polar surface area (TPSA) is 94.4 Å². The van der Waals surface area contributed by atoms with Crippen molar-refractivity contribution in [1.29, 1.82) is 5.26 Å². The fourth-order valence-electron chi connectivity index (χ4n) is 2.52. The number of nitrogens with zero attached hydrogens (tertiary/aromatic N) is 1. The number of benzene rings is 2. The highest BCUT2D eigenvalue weighted by atomic mass is 35.5. The standard InChI is InChI=1S/C20H22ClN3O3/c1-3-15(12-25)24-18-6-4-13(10-22)8-16(18)20(26)23-11-14-5-7-19(27-2)17(21)9-14/h4-9,15,24-25H,3,11-12H2,1-2H3,(H,23,26)/t15-/m0/s1. The molecule has 0 aliphatic carbocycles. The summed E-state index contributed by atoms with van der Waals surface area (Å²) < 4.78 is 5.12. The third-order valence-electron chi connectivity index (χ3n) is 4.14. The van der Waals surface area contributed by atoms with E-state index < -0.39 is 0 Å². The van der Waals surface area contributed by atoms with Crippen molar-refractivity contribution in [3.63, 3.8) is 0 Å². The number of nitrogens with one attached hydrogen (secondary N) is 2. The summed E-state index contributed by atoms with van der Waals surface area (Å²) in [6, 6.07) is 12.0. The highest BCUT2D eigenvalue weighted by Gasteiger charge is 2.15. The molecule has 7 heteroatoms. The second kappa shape index (κ2) is 9.81. The Morgan fingerprint density at radius 2 is 2.11 bits per heavy atom. The van der Waals surface area contributed by atoms with Crippen LogP contribution >= 0.6 is 11.6 Å². The van der Waals surface area contributed by atoms with Crippen LogP contribution in [-0.2, 0) is 6.54 Å². The van der Waals surface area contributed by atoms with Crippen molar-refractivity contribution in [3.05, 3.63) is 58.1 Å². The van der Waals surface area contributed by atoms with Gasteiger partial charge in [-0.05, 0) is 42.3 Å². The molecule has 1 amide bonds. The number of carbonyl (C=O) groups is 1. The third-order valence-corrected chi connectivity index (χ3v) is 4.43. The first-order valence-corrected chi connectivity index (χ1v) is 8.92. The van der Waals surface area contributed by atoms with Gasteiger partial charge in [0.15, 0.2) is 0 Å². The second-order valence-electron chi connectivity index (χ2n) is 5.96. The fourth-order valence-corrected chi connectivity index (χ4v) is 2.80. The summed E-state index contributed by atoms with van der Waals surface area (Å²) in [5, 5.41) is 25.0. The maximum Gasteiger partial charge on any atom is 0.253 e. The van der Waals surface area contributed by atoms with Crippen LogP contribution in [-0.4, -0.2) is 30.8 Å². The van der Waals surface area contributed by atoms with E-state index in [0.717, 1.165) is 5.56 Å². The fraction of sp³-hybridized carbons (Fsp3) is 0.300. The van der Waals surface area contributed by atoms with Gasteiger partial charge in [-0.15, -0.1) is 0 Å². The molecule has 0 saturated carbocycles. The number of hydrogen-bond donors (Lipinski definition) is 3. The molecule has 2 aromatic rings. The minimum absolute atomic E-state index is 0.0537. The maximum atomic E-state index is 12.7. The van der Waals surface area contributed by atoms with Crippen LogP contribution in [0, 0.1) is 11.3 Å². The maximum absolute atomic E-state index is 12.7. The van der Waals surface area contributed by atoms with E-state index in [1.807, 2.05) is 19.1 Å². The summed E-state index contributed by atoms with van der Waals surface area (Å²) in [6.07, 6.45) is 0.696. The number of rotatable bonds is 8. The van der Waals surface area contributed by atoms with Crippen molar-refractivity contribution >= 4 is 23.2 Å². The Morgan fingerprint density at radius 1 is 1.33 bits per heavy atom. The van der Waals surface area contributed by atoms with Crippen molar-refractivity contribution in [3.8, 4) is 11.8 Å². The Balaban J connectivity index is 2.18. The average Bonchev–Trinajstić information content (AvgIpc) is 2.70. The SMILES string of the molecule is CC[C@@H](CO)Nc1ccc(C#N)cc1C(=O)NCc1ccc(OC)c(Cl)c1. The van der Waals surface area contributed by atoms with Gasteiger partial charge in [0.2, 0.25) is 0 Å². The van der Waals surface area contributed by atoms with Gasteiger partial charge in [0.1, 0.15) is 5.75 Å². The van der Waals surface area contributed by atoms with E-state index in [1.165, 1.54) is 13.2 Å². The minimum Gasteiger partial charge on any atom is -0.495 e. The summed E-state index contributed by atoms with van der Waals surface area (Å²) in [4.78, 5) is 12.7. The molecular formula is C20H22ClN3O3. The van der Waals surface area contributed by atoms with Gasteiger partial charge in [-0.25, -0.2) is 0 Å². The Morgan fingerprint density at radius 3 is 2.70 bits per heavy atom. The normalized spacial score (nSPS) is 11.4. The van der Waals surface area contributed by atoms with Crippen LogP contribution in [0.1, 0.15) is 34.8 Å². The van der Waals surface area contributed by atoms with E-state index in [0.29, 0.717) is 34.0 Å². The van der Waals surface area contributed by atoms with Crippen molar-refractivity contribution in [2.45, 2.75) is 25.9 Å². The van der Waals surface area contributed by atoms with E-state index in [1.54, 1.807) is 24.3 Å². The molecule has 0 heterocycles. The summed E-state index contributed by atoms with van der Waals surface area (Å²) in [7, 11) is 1.54. The lowest BCUT2D eigenvalue weighted by Gasteiger charge is -2.18. The van der Waals surface area contributed by atoms with E-state index in [9.17, 15) is 9.90 Å². The van der Waals surface area contributed by atoms with Crippen LogP contribution in [0.25, 0.3) is 0 Å². The zero-order valence-electron chi connectivity index (χ0n) is 15.3. The minimum atomic E-state index is -0.325. The van der Waals surface area contributed by atoms with E-state index in [2.05, 4.69) is 10.6 Å². The number of anilines is 1. The smallest absolute Gasteiger partial charge is 0.253 e. The first kappa shape index (κ1) is 20.6. The predicted molar refractivity (Wildman–Crippen MR) is 105 cm³/mol. The van der Waals surface area contributed by atoms with E-state index in [-0.39, 0.29) is 25.1 Å². The number of halogens is 1. The van der Waals surface area contributed by atoms with Gasteiger partial charge in [-0.1, -0.05) is 24.6 Å². The Hall–Kier alpha value is -2.75. The molecular weight excluding hydrogens is 366 g/mol. The van der Waals surface area contributed by atoms with Crippen LogP contribution in [0.5, 0.6) is 5.75 Å². The molecule has 2 aromatic carbocycles. The molecule has 0 unspecified atom stereocenters. The van der Waals surface area contributed by atoms with Crippen molar-refractivity contribution in [1.82, 2.24) is 5.32 Å². The number of nitriles is 1. The number of methoxy groups -OCH3 is 1. The third kappa shape index (κ3) is 5.36. The van der Waals surface area contributed by atoms with Gasteiger partial charge in [0.05, 0.1) is 35.9 Å². The molecule has 0 radical (unpaired) electrons. The highest BCUT2D eigenvalue weighted by Crippen LogP contribution is 2.25. The van der Waals surface area contributed by atoms with E-state index in [4.69, 9.17) is 21.6 Å². The molecule has 142 valence electrons. The number of ether oxygens (including phenoxy) is 1. The van der Waals surface area contributed by atoms with Crippen molar-refractivity contribution in [2.75, 3.05) is 19.0 Å². The molecule has 2 rings (SSSR count). The Kier molecular flexibility index (Phi) is 7.47. The molecule has 0 spiro atoms. The largest absolute Gasteiger partial charge is 0.495 e. The van der Waals surface area contributed by atoms with Gasteiger partial charge >= 0.3 is 0 Å². The lowest BCUT2D eigenvalue weighted by atomic mass is 10.1. The Bertz CT molecular complexity index is 845. The van der Waals surface area contributed by atoms with Gasteiger partial charge in [-0.3, -0.25) is 4.79 Å². The first-order valence-electron chi connectivity index (χ1n) is 8.54. The van der Waals surface area contributed by atoms with Crippen molar-refractivity contribution in [2.24, 2.45) is 0 Å². The van der Waals surface area contributed by atoms with Crippen LogP contribution in [0.2, 0.25) is 5.02 Å². The molecule has 0 saturated heterocycles. The van der Waals surface area contributed by atoms with Crippen LogP contribution in [0.4, 0.5) is 5.69 Å². The second-order valence-corrected chi connectivity index (χ2v) is 6.36. The summed E-state index contributed by atoms with van der Waals surface area (Å²) in [6.45, 7) is 2.16. The monoisotopic (exact) mass is 387 g/mol. The van der Waals surface area contributed by atoms with Crippen LogP contribution in [0.3, 0.4) is 0 Å². The number of amides is 1. The number of aliphatic hydroxyl groups excluding tert-OH is 1. The molecule has 0 aliphatic heterocycles. The van der Waals surface area contributed by atoms with Gasteiger partial charge in [0.25, 0.3) is 5.91 Å². The molecule has 27 heavy (non-hydrogen) atoms. The highest BCUT2D eigenvalue weighted by molar-refractivity contribution is 6.32. The lowest BCUT2D eigenvalue weighted by molar-refractivity contribution is 0.0951. The molecule has 0 aromatic heterocycles. The summed E-state index contributed by atoms with van der Waals surface area (Å²) in [5.41, 5.74) is 2.12. The van der Waals surface area contributed by atoms with Crippen LogP contribution in [0.15, 0.2) is 36.4 Å². The molecule has 0 aliphatic rings. The average molecular weight is 388 g/mol.